The van der Waals surface area contributed by atoms with Crippen molar-refractivity contribution in [2.75, 3.05) is 20.2 Å². The van der Waals surface area contributed by atoms with Gasteiger partial charge in [0.1, 0.15) is 5.60 Å². The second kappa shape index (κ2) is 13.7. The highest BCUT2D eigenvalue weighted by Gasteiger charge is 2.43. The number of halogens is 2. The maximum absolute atomic E-state index is 14.5. The molecule has 0 N–H and O–H groups in total. The van der Waals surface area contributed by atoms with Crippen molar-refractivity contribution in [1.82, 2.24) is 14.4 Å². The summed E-state index contributed by atoms with van der Waals surface area (Å²) in [4.78, 5) is 55.1. The summed E-state index contributed by atoms with van der Waals surface area (Å²) >= 11 is 13.2. The summed E-state index contributed by atoms with van der Waals surface area (Å²) < 4.78 is 11.9. The second-order valence-electron chi connectivity index (χ2n) is 12.5. The molecule has 9 nitrogen and oxygen atoms in total. The molecule has 0 spiro atoms. The molecule has 1 unspecified atom stereocenters. The molecule has 2 aromatic rings. The van der Waals surface area contributed by atoms with Crippen LogP contribution in [-0.4, -0.2) is 64.2 Å². The molecule has 1 aromatic heterocycles. The summed E-state index contributed by atoms with van der Waals surface area (Å²) in [5.74, 6) is -1.19. The highest BCUT2D eigenvalue weighted by Crippen LogP contribution is 2.39. The number of nitrogens with zero attached hydrogens (tertiary/aromatic N) is 3. The molecule has 2 atom stereocenters. The highest BCUT2D eigenvalue weighted by molar-refractivity contribution is 6.42. The number of hydrogen-bond donors (Lipinski definition) is 0. The first-order valence-electron chi connectivity index (χ1n) is 14.8. The van der Waals surface area contributed by atoms with E-state index in [1.54, 1.807) is 30.3 Å². The fourth-order valence-corrected chi connectivity index (χ4v) is 5.99. The van der Waals surface area contributed by atoms with Crippen LogP contribution < -0.4 is 5.56 Å². The SMILES string of the molecule is COC(=O)CCCc1cc(Cl)c(Cl)c(CN(C(=O)[C@@H]2CN(C(=O)OC(C)(C)C)CCC2c2ccn(C)c(=O)c2)C2CC2)c1. The first kappa shape index (κ1) is 32.9. The Morgan fingerprint density at radius 2 is 1.81 bits per heavy atom. The van der Waals surface area contributed by atoms with Gasteiger partial charge in [0, 0.05) is 51.4 Å². The lowest BCUT2D eigenvalue weighted by molar-refractivity contribution is -0.141. The van der Waals surface area contributed by atoms with E-state index in [-0.39, 0.29) is 42.5 Å². The lowest BCUT2D eigenvalue weighted by Gasteiger charge is -2.40. The summed E-state index contributed by atoms with van der Waals surface area (Å²) in [7, 11) is 3.05. The summed E-state index contributed by atoms with van der Waals surface area (Å²) in [5.41, 5.74) is 1.62. The number of aromatic nitrogens is 1. The fraction of sp³-hybridized carbons (Fsp3) is 0.562. The van der Waals surface area contributed by atoms with Gasteiger partial charge in [0.05, 0.1) is 23.1 Å². The molecule has 2 amide bonds. The van der Waals surface area contributed by atoms with Gasteiger partial charge in [-0.15, -0.1) is 0 Å². The van der Waals surface area contributed by atoms with Crippen molar-refractivity contribution in [3.05, 3.63) is 67.6 Å². The van der Waals surface area contributed by atoms with E-state index < -0.39 is 17.6 Å². The van der Waals surface area contributed by atoms with Crippen LogP contribution in [0.5, 0.6) is 0 Å². The van der Waals surface area contributed by atoms with Gasteiger partial charge in [-0.1, -0.05) is 29.3 Å². The summed E-state index contributed by atoms with van der Waals surface area (Å²) in [6.07, 6.45) is 5.00. The number of carbonyl (C=O) groups is 3. The van der Waals surface area contributed by atoms with E-state index >= 15 is 0 Å². The van der Waals surface area contributed by atoms with Gasteiger partial charge in [0.15, 0.2) is 0 Å². The van der Waals surface area contributed by atoms with Crippen molar-refractivity contribution >= 4 is 41.2 Å². The molecule has 1 aliphatic heterocycles. The topological polar surface area (TPSA) is 98.2 Å². The second-order valence-corrected chi connectivity index (χ2v) is 13.3. The van der Waals surface area contributed by atoms with Crippen LogP contribution in [0.4, 0.5) is 4.79 Å². The van der Waals surface area contributed by atoms with Gasteiger partial charge < -0.3 is 23.8 Å². The van der Waals surface area contributed by atoms with Gasteiger partial charge in [0.2, 0.25) is 5.91 Å². The Labute approximate surface area is 263 Å². The molecule has 234 valence electrons. The third-order valence-electron chi connectivity index (χ3n) is 7.99. The van der Waals surface area contributed by atoms with Crippen molar-refractivity contribution in [3.8, 4) is 0 Å². The molecule has 43 heavy (non-hydrogen) atoms. The molecule has 1 aliphatic carbocycles. The third-order valence-corrected chi connectivity index (χ3v) is 8.83. The molecule has 2 aliphatic rings. The molecule has 1 saturated heterocycles. The number of benzene rings is 1. The van der Waals surface area contributed by atoms with E-state index in [1.165, 1.54) is 11.7 Å². The van der Waals surface area contributed by atoms with Gasteiger partial charge >= 0.3 is 12.1 Å². The Balaban J connectivity index is 1.62. The van der Waals surface area contributed by atoms with Crippen molar-refractivity contribution in [2.24, 2.45) is 13.0 Å². The fourth-order valence-electron chi connectivity index (χ4n) is 5.56. The van der Waals surface area contributed by atoms with Crippen LogP contribution in [0.15, 0.2) is 35.3 Å². The number of aryl methyl sites for hydroxylation is 2. The van der Waals surface area contributed by atoms with Crippen molar-refractivity contribution in [1.29, 1.82) is 0 Å². The van der Waals surface area contributed by atoms with E-state index in [0.29, 0.717) is 42.3 Å². The number of esters is 1. The smallest absolute Gasteiger partial charge is 0.410 e. The monoisotopic (exact) mass is 633 g/mol. The largest absolute Gasteiger partial charge is 0.469 e. The normalized spacial score (nSPS) is 18.7. The molecular weight excluding hydrogens is 593 g/mol. The number of ether oxygens (including phenoxy) is 2. The van der Waals surface area contributed by atoms with Gasteiger partial charge in [-0.2, -0.15) is 0 Å². The molecule has 0 radical (unpaired) electrons. The first-order valence-corrected chi connectivity index (χ1v) is 15.5. The maximum Gasteiger partial charge on any atom is 0.410 e. The number of likely N-dealkylation sites (tertiary alicyclic amines) is 1. The lowest BCUT2D eigenvalue weighted by Crippen LogP contribution is -2.51. The number of methoxy groups -OCH3 is 1. The predicted molar refractivity (Wildman–Crippen MR) is 165 cm³/mol. The highest BCUT2D eigenvalue weighted by atomic mass is 35.5. The van der Waals surface area contributed by atoms with E-state index in [1.807, 2.05) is 37.8 Å². The Morgan fingerprint density at radius 3 is 2.44 bits per heavy atom. The first-order chi connectivity index (χ1) is 20.3. The molecule has 2 heterocycles. The van der Waals surface area contributed by atoms with E-state index in [9.17, 15) is 19.2 Å². The van der Waals surface area contributed by atoms with Gasteiger partial charge in [-0.3, -0.25) is 14.4 Å². The van der Waals surface area contributed by atoms with Crippen LogP contribution >= 0.6 is 23.2 Å². The molecule has 1 saturated carbocycles. The van der Waals surface area contributed by atoms with Crippen LogP contribution in [0.1, 0.15) is 75.5 Å². The van der Waals surface area contributed by atoms with Crippen LogP contribution in [0, 0.1) is 5.92 Å². The third kappa shape index (κ3) is 8.54. The summed E-state index contributed by atoms with van der Waals surface area (Å²) in [5, 5.41) is 0.779. The van der Waals surface area contributed by atoms with Crippen LogP contribution in [-0.2, 0) is 39.1 Å². The van der Waals surface area contributed by atoms with Crippen molar-refractivity contribution < 1.29 is 23.9 Å². The van der Waals surface area contributed by atoms with Crippen molar-refractivity contribution in [3.63, 3.8) is 0 Å². The quantitative estimate of drug-likeness (QED) is 0.328. The Kier molecular flexibility index (Phi) is 10.5. The average molecular weight is 635 g/mol. The number of carbonyl (C=O) groups excluding carboxylic acids is 3. The molecular formula is C32H41Cl2N3O6. The Morgan fingerprint density at radius 1 is 1.09 bits per heavy atom. The molecule has 1 aromatic carbocycles. The molecule has 4 rings (SSSR count). The van der Waals surface area contributed by atoms with Gasteiger partial charge in [0.25, 0.3) is 5.56 Å². The zero-order valence-electron chi connectivity index (χ0n) is 25.5. The van der Waals surface area contributed by atoms with Crippen molar-refractivity contribution in [2.45, 2.75) is 83.4 Å². The lowest BCUT2D eigenvalue weighted by atomic mass is 9.79. The van der Waals surface area contributed by atoms with Crippen LogP contribution in [0.3, 0.4) is 0 Å². The van der Waals surface area contributed by atoms with E-state index in [0.717, 1.165) is 29.5 Å². The minimum absolute atomic E-state index is 0.0477. The predicted octanol–water partition coefficient (Wildman–Crippen LogP) is 5.72. The zero-order chi connectivity index (χ0) is 31.5. The number of piperidine rings is 1. The molecule has 11 heteroatoms. The number of pyridine rings is 1. The Bertz CT molecular complexity index is 1410. The number of rotatable bonds is 9. The Hall–Kier alpha value is -3.04. The standard InChI is InChI=1S/C32H41Cl2N3O6/c1-32(2,3)43-31(41)36-14-12-24(21-11-13-35(4)27(38)17-21)25(19-36)30(40)37(23-9-10-23)18-22-15-20(16-26(33)29(22)34)7-6-8-28(39)42-5/h11,13,15-17,23-25H,6-10,12,14,18-19H2,1-5H3/t24?,25-/m1/s1. The minimum Gasteiger partial charge on any atom is -0.469 e. The summed E-state index contributed by atoms with van der Waals surface area (Å²) in [6.45, 7) is 6.29. The van der Waals surface area contributed by atoms with E-state index in [4.69, 9.17) is 32.7 Å². The number of amides is 2. The minimum atomic E-state index is -0.670. The van der Waals surface area contributed by atoms with Gasteiger partial charge in [-0.25, -0.2) is 4.79 Å². The zero-order valence-corrected chi connectivity index (χ0v) is 27.0. The average Bonchev–Trinajstić information content (AvgIpc) is 3.79. The van der Waals surface area contributed by atoms with Crippen LogP contribution in [0.25, 0.3) is 0 Å². The maximum atomic E-state index is 14.5. The number of hydrogen-bond acceptors (Lipinski definition) is 6. The van der Waals surface area contributed by atoms with Gasteiger partial charge in [-0.05, 0) is 87.6 Å². The molecule has 2 fully saturated rings. The summed E-state index contributed by atoms with van der Waals surface area (Å²) in [6, 6.07) is 7.25. The molecule has 0 bridgehead atoms. The van der Waals surface area contributed by atoms with Crippen LogP contribution in [0.2, 0.25) is 10.0 Å². The van der Waals surface area contributed by atoms with E-state index in [2.05, 4.69) is 0 Å².